The molecule has 1 aliphatic rings. The van der Waals surface area contributed by atoms with E-state index in [1.54, 1.807) is 7.05 Å². The molecule has 1 amide bonds. The molecule has 3 heteroatoms. The summed E-state index contributed by atoms with van der Waals surface area (Å²) in [6, 6.07) is 0.609. The molecule has 0 unspecified atom stereocenters. The van der Waals surface area contributed by atoms with E-state index in [0.29, 0.717) is 12.5 Å². The highest BCUT2D eigenvalue weighted by molar-refractivity contribution is 5.75. The number of amides is 1. The lowest BCUT2D eigenvalue weighted by atomic mass is 9.93. The second kappa shape index (κ2) is 8.51. The van der Waals surface area contributed by atoms with E-state index in [4.69, 9.17) is 0 Å². The summed E-state index contributed by atoms with van der Waals surface area (Å²) in [5, 5.41) is 6.24. The predicted molar refractivity (Wildman–Crippen MR) is 72.0 cm³/mol. The monoisotopic (exact) mass is 240 g/mol. The summed E-state index contributed by atoms with van der Waals surface area (Å²) in [6.45, 7) is 3.26. The first-order chi connectivity index (χ1) is 8.24. The van der Waals surface area contributed by atoms with Crippen LogP contribution in [0.5, 0.6) is 0 Å². The molecule has 0 radical (unpaired) electrons. The fourth-order valence-electron chi connectivity index (χ4n) is 2.68. The van der Waals surface area contributed by atoms with E-state index >= 15 is 0 Å². The molecule has 3 nitrogen and oxygen atoms in total. The molecule has 0 bridgehead atoms. The predicted octanol–water partition coefficient (Wildman–Crippen LogP) is 2.46. The Kier molecular flexibility index (Phi) is 7.25. The van der Waals surface area contributed by atoms with Crippen LogP contribution in [0, 0.1) is 5.92 Å². The Balaban J connectivity index is 2.10. The second-order valence-electron chi connectivity index (χ2n) is 5.27. The molecule has 0 aliphatic heterocycles. The molecule has 0 spiro atoms. The zero-order valence-corrected chi connectivity index (χ0v) is 11.4. The molecule has 0 aromatic carbocycles. The van der Waals surface area contributed by atoms with E-state index in [-0.39, 0.29) is 5.91 Å². The topological polar surface area (TPSA) is 41.1 Å². The molecule has 17 heavy (non-hydrogen) atoms. The third-order valence-electron chi connectivity index (χ3n) is 3.93. The lowest BCUT2D eigenvalue weighted by Gasteiger charge is -2.23. The van der Waals surface area contributed by atoms with Gasteiger partial charge in [0.25, 0.3) is 0 Å². The maximum absolute atomic E-state index is 11.1. The van der Waals surface area contributed by atoms with Crippen LogP contribution in [0.25, 0.3) is 0 Å². The first-order valence-corrected chi connectivity index (χ1v) is 7.18. The smallest absolute Gasteiger partial charge is 0.219 e. The van der Waals surface area contributed by atoms with Crippen molar-refractivity contribution in [3.05, 3.63) is 0 Å². The van der Waals surface area contributed by atoms with Crippen molar-refractivity contribution in [2.24, 2.45) is 5.92 Å². The fraction of sp³-hybridized carbons (Fsp3) is 0.929. The molecular formula is C14H28N2O. The van der Waals surface area contributed by atoms with Crippen molar-refractivity contribution in [1.29, 1.82) is 0 Å². The van der Waals surface area contributed by atoms with Crippen LogP contribution < -0.4 is 10.6 Å². The first-order valence-electron chi connectivity index (χ1n) is 7.18. The Morgan fingerprint density at radius 3 is 2.47 bits per heavy atom. The third-order valence-corrected chi connectivity index (χ3v) is 3.93. The van der Waals surface area contributed by atoms with Crippen molar-refractivity contribution in [3.8, 4) is 0 Å². The van der Waals surface area contributed by atoms with Crippen LogP contribution in [0.15, 0.2) is 0 Å². The van der Waals surface area contributed by atoms with E-state index in [9.17, 15) is 4.79 Å². The number of rotatable bonds is 6. The average Bonchev–Trinajstić information content (AvgIpc) is 2.62. The van der Waals surface area contributed by atoms with Crippen molar-refractivity contribution in [1.82, 2.24) is 10.6 Å². The fourth-order valence-corrected chi connectivity index (χ4v) is 2.68. The van der Waals surface area contributed by atoms with Crippen molar-refractivity contribution < 1.29 is 4.79 Å². The van der Waals surface area contributed by atoms with Crippen LogP contribution in [0.2, 0.25) is 0 Å². The molecule has 1 saturated carbocycles. The van der Waals surface area contributed by atoms with Gasteiger partial charge in [0.05, 0.1) is 0 Å². The summed E-state index contributed by atoms with van der Waals surface area (Å²) >= 11 is 0. The van der Waals surface area contributed by atoms with Crippen LogP contribution >= 0.6 is 0 Å². The molecule has 1 aliphatic carbocycles. The average molecular weight is 240 g/mol. The van der Waals surface area contributed by atoms with E-state index in [0.717, 1.165) is 18.9 Å². The van der Waals surface area contributed by atoms with E-state index < -0.39 is 0 Å². The van der Waals surface area contributed by atoms with E-state index in [1.807, 2.05) is 0 Å². The normalized spacial score (nSPS) is 19.6. The minimum atomic E-state index is 0.147. The quantitative estimate of drug-likeness (QED) is 0.553. The summed E-state index contributed by atoms with van der Waals surface area (Å²) < 4.78 is 0. The number of nitrogens with one attached hydrogen (secondary N) is 2. The lowest BCUT2D eigenvalue weighted by molar-refractivity contribution is -0.120. The highest BCUT2D eigenvalue weighted by atomic mass is 16.1. The van der Waals surface area contributed by atoms with Gasteiger partial charge in [-0.05, 0) is 38.6 Å². The van der Waals surface area contributed by atoms with Gasteiger partial charge in [-0.15, -0.1) is 0 Å². The highest BCUT2D eigenvalue weighted by Gasteiger charge is 2.18. The molecule has 1 fully saturated rings. The molecule has 2 N–H and O–H groups in total. The number of hydrogen-bond donors (Lipinski definition) is 2. The molecule has 1 rings (SSSR count). The second-order valence-corrected chi connectivity index (χ2v) is 5.27. The summed E-state index contributed by atoms with van der Waals surface area (Å²) in [7, 11) is 1.70. The Hall–Kier alpha value is -0.570. The van der Waals surface area contributed by atoms with Gasteiger partial charge < -0.3 is 10.6 Å². The largest absolute Gasteiger partial charge is 0.359 e. The molecule has 0 heterocycles. The number of hydrogen-bond acceptors (Lipinski definition) is 2. The van der Waals surface area contributed by atoms with Crippen molar-refractivity contribution in [3.63, 3.8) is 0 Å². The van der Waals surface area contributed by atoms with Crippen LogP contribution in [0.3, 0.4) is 0 Å². The minimum Gasteiger partial charge on any atom is -0.359 e. The van der Waals surface area contributed by atoms with Crippen LogP contribution in [0.1, 0.15) is 58.3 Å². The van der Waals surface area contributed by atoms with Gasteiger partial charge in [0.15, 0.2) is 0 Å². The van der Waals surface area contributed by atoms with Gasteiger partial charge in [0, 0.05) is 19.5 Å². The van der Waals surface area contributed by atoms with Gasteiger partial charge in [-0.1, -0.05) is 25.7 Å². The van der Waals surface area contributed by atoms with Gasteiger partial charge in [-0.3, -0.25) is 4.79 Å². The van der Waals surface area contributed by atoms with Crippen molar-refractivity contribution >= 4 is 5.91 Å². The maximum atomic E-state index is 11.1. The standard InChI is InChI=1S/C14H28N2O/c1-12(13-8-5-3-4-6-9-13)16-11-7-10-14(17)15-2/h12-13,16H,3-11H2,1-2H3,(H,15,17)/t12-/m0/s1. The zero-order chi connectivity index (χ0) is 12.5. The Labute approximate surface area is 106 Å². The summed E-state index contributed by atoms with van der Waals surface area (Å²) in [6.07, 6.45) is 9.97. The third kappa shape index (κ3) is 6.06. The lowest BCUT2D eigenvalue weighted by Crippen LogP contribution is -2.34. The number of carbonyl (C=O) groups excluding carboxylic acids is 1. The van der Waals surface area contributed by atoms with Gasteiger partial charge in [0.2, 0.25) is 5.91 Å². The van der Waals surface area contributed by atoms with E-state index in [2.05, 4.69) is 17.6 Å². The van der Waals surface area contributed by atoms with Gasteiger partial charge in [-0.2, -0.15) is 0 Å². The van der Waals surface area contributed by atoms with Crippen molar-refractivity contribution in [2.75, 3.05) is 13.6 Å². The summed E-state index contributed by atoms with van der Waals surface area (Å²) in [5.41, 5.74) is 0. The zero-order valence-electron chi connectivity index (χ0n) is 11.4. The van der Waals surface area contributed by atoms with Crippen LogP contribution in [-0.2, 0) is 4.79 Å². The minimum absolute atomic E-state index is 0.147. The first kappa shape index (κ1) is 14.5. The molecular weight excluding hydrogens is 212 g/mol. The van der Waals surface area contributed by atoms with Crippen LogP contribution in [-0.4, -0.2) is 25.5 Å². The Bertz CT molecular complexity index is 210. The molecule has 0 saturated heterocycles. The van der Waals surface area contributed by atoms with Gasteiger partial charge in [0.1, 0.15) is 0 Å². The van der Waals surface area contributed by atoms with Gasteiger partial charge in [-0.25, -0.2) is 0 Å². The molecule has 0 aromatic heterocycles. The Morgan fingerprint density at radius 1 is 1.24 bits per heavy atom. The maximum Gasteiger partial charge on any atom is 0.219 e. The van der Waals surface area contributed by atoms with Crippen LogP contribution in [0.4, 0.5) is 0 Å². The number of carbonyl (C=O) groups is 1. The molecule has 100 valence electrons. The van der Waals surface area contributed by atoms with E-state index in [1.165, 1.54) is 38.5 Å². The van der Waals surface area contributed by atoms with Gasteiger partial charge >= 0.3 is 0 Å². The van der Waals surface area contributed by atoms with Crippen molar-refractivity contribution in [2.45, 2.75) is 64.3 Å². The Morgan fingerprint density at radius 2 is 1.88 bits per heavy atom. The summed E-state index contributed by atoms with van der Waals surface area (Å²) in [4.78, 5) is 11.1. The molecule has 0 aromatic rings. The SMILES string of the molecule is CNC(=O)CCCN[C@@H](C)C1CCCCCC1. The summed E-state index contributed by atoms with van der Waals surface area (Å²) in [5.74, 6) is 0.992. The molecule has 1 atom stereocenters. The highest BCUT2D eigenvalue weighted by Crippen LogP contribution is 2.25.